The Bertz CT molecular complexity index is 493. The maximum absolute atomic E-state index is 9.34. The third kappa shape index (κ3) is 2.20. The molecular formula is C12H16N6. The van der Waals surface area contributed by atoms with Crippen molar-refractivity contribution in [3.05, 3.63) is 12.2 Å². The van der Waals surface area contributed by atoms with Gasteiger partial charge in [-0.25, -0.2) is 4.98 Å². The Morgan fingerprint density at radius 1 is 1.61 bits per heavy atom. The molecule has 1 aromatic heterocycles. The van der Waals surface area contributed by atoms with Gasteiger partial charge in [0.1, 0.15) is 17.9 Å². The van der Waals surface area contributed by atoms with Gasteiger partial charge in [-0.05, 0) is 32.2 Å². The van der Waals surface area contributed by atoms with E-state index < -0.39 is 5.54 Å². The van der Waals surface area contributed by atoms with Gasteiger partial charge in [-0.15, -0.1) is 5.10 Å². The summed E-state index contributed by atoms with van der Waals surface area (Å²) >= 11 is 0. The van der Waals surface area contributed by atoms with E-state index in [4.69, 9.17) is 5.26 Å². The van der Waals surface area contributed by atoms with Gasteiger partial charge >= 0.3 is 0 Å². The highest BCUT2D eigenvalue weighted by Gasteiger charge is 2.41. The summed E-state index contributed by atoms with van der Waals surface area (Å²) < 4.78 is 1.68. The lowest BCUT2D eigenvalue weighted by Crippen LogP contribution is -2.45. The molecule has 1 heterocycles. The van der Waals surface area contributed by atoms with Crippen LogP contribution in [0, 0.1) is 28.6 Å². The molecule has 6 heteroatoms. The third-order valence-electron chi connectivity index (χ3n) is 3.81. The second kappa shape index (κ2) is 5.16. The first-order valence-electron chi connectivity index (χ1n) is 6.14. The van der Waals surface area contributed by atoms with Gasteiger partial charge in [-0.2, -0.15) is 10.5 Å². The summed E-state index contributed by atoms with van der Waals surface area (Å²) in [5, 5.41) is 25.2. The zero-order valence-corrected chi connectivity index (χ0v) is 10.4. The van der Waals surface area contributed by atoms with Crippen molar-refractivity contribution in [3.63, 3.8) is 0 Å². The van der Waals surface area contributed by atoms with Crippen LogP contribution in [0.5, 0.6) is 0 Å². The zero-order valence-electron chi connectivity index (χ0n) is 10.4. The highest BCUT2D eigenvalue weighted by atomic mass is 15.3. The predicted molar refractivity (Wildman–Crippen MR) is 64.1 cm³/mol. The molecule has 94 valence electrons. The van der Waals surface area contributed by atoms with Crippen LogP contribution in [0.3, 0.4) is 0 Å². The molecular weight excluding hydrogens is 228 g/mol. The van der Waals surface area contributed by atoms with Crippen LogP contribution in [-0.2, 0) is 6.54 Å². The van der Waals surface area contributed by atoms with E-state index in [9.17, 15) is 5.26 Å². The Hall–Kier alpha value is -1.92. The molecule has 1 aliphatic rings. The van der Waals surface area contributed by atoms with Crippen molar-refractivity contribution in [1.29, 1.82) is 10.5 Å². The van der Waals surface area contributed by atoms with E-state index >= 15 is 0 Å². The largest absolute Gasteiger partial charge is 0.302 e. The summed E-state index contributed by atoms with van der Waals surface area (Å²) in [4.78, 5) is 3.87. The van der Waals surface area contributed by atoms with Crippen LogP contribution in [0.15, 0.2) is 6.33 Å². The van der Waals surface area contributed by atoms with Crippen molar-refractivity contribution in [2.24, 2.45) is 5.92 Å². The highest BCUT2D eigenvalue weighted by Crippen LogP contribution is 2.37. The van der Waals surface area contributed by atoms with Crippen LogP contribution in [0.25, 0.3) is 0 Å². The van der Waals surface area contributed by atoms with Crippen LogP contribution in [0.4, 0.5) is 0 Å². The monoisotopic (exact) mass is 244 g/mol. The average molecular weight is 244 g/mol. The Morgan fingerprint density at radius 2 is 2.44 bits per heavy atom. The van der Waals surface area contributed by atoms with E-state index in [1.54, 1.807) is 11.0 Å². The normalized spacial score (nSPS) is 26.7. The molecule has 2 rings (SSSR count). The molecule has 18 heavy (non-hydrogen) atoms. The van der Waals surface area contributed by atoms with Crippen molar-refractivity contribution < 1.29 is 0 Å². The average Bonchev–Trinajstić information content (AvgIpc) is 3.03. The van der Waals surface area contributed by atoms with Crippen molar-refractivity contribution >= 4 is 0 Å². The number of nitrogens with one attached hydrogen (secondary N) is 1. The molecule has 2 unspecified atom stereocenters. The molecule has 1 saturated carbocycles. The Balaban J connectivity index is 1.98. The van der Waals surface area contributed by atoms with Gasteiger partial charge in [-0.3, -0.25) is 4.68 Å². The molecule has 0 saturated heterocycles. The van der Waals surface area contributed by atoms with Gasteiger partial charge in [-0.1, -0.05) is 6.42 Å². The summed E-state index contributed by atoms with van der Waals surface area (Å²) in [6, 6.07) is 4.33. The number of rotatable bonds is 4. The Kier molecular flexibility index (Phi) is 3.59. The van der Waals surface area contributed by atoms with E-state index in [-0.39, 0.29) is 5.82 Å². The zero-order chi connectivity index (χ0) is 13.0. The van der Waals surface area contributed by atoms with Crippen molar-refractivity contribution in [2.45, 2.75) is 37.8 Å². The van der Waals surface area contributed by atoms with Gasteiger partial charge in [0.2, 0.25) is 0 Å². The van der Waals surface area contributed by atoms with E-state index in [0.717, 1.165) is 25.7 Å². The fourth-order valence-corrected chi connectivity index (χ4v) is 2.74. The first-order valence-corrected chi connectivity index (χ1v) is 6.14. The Labute approximate surface area is 106 Å². The summed E-state index contributed by atoms with van der Waals surface area (Å²) in [6.45, 7) is 0.699. The maximum Gasteiger partial charge on any atom is 0.252 e. The quantitative estimate of drug-likeness (QED) is 0.846. The number of aryl methyl sites for hydroxylation is 1. The van der Waals surface area contributed by atoms with Crippen LogP contribution in [0.2, 0.25) is 0 Å². The lowest BCUT2D eigenvalue weighted by atomic mass is 9.86. The number of aromatic nitrogens is 3. The summed E-state index contributed by atoms with van der Waals surface area (Å²) in [5.74, 6) is 0.531. The molecule has 0 bridgehead atoms. The van der Waals surface area contributed by atoms with Gasteiger partial charge in [0.15, 0.2) is 0 Å². The fourth-order valence-electron chi connectivity index (χ4n) is 2.74. The second-order valence-corrected chi connectivity index (χ2v) is 4.65. The maximum atomic E-state index is 9.34. The second-order valence-electron chi connectivity index (χ2n) is 4.65. The summed E-state index contributed by atoms with van der Waals surface area (Å²) in [5.41, 5.74) is -0.390. The van der Waals surface area contributed by atoms with Gasteiger partial charge in [0.05, 0.1) is 6.07 Å². The van der Waals surface area contributed by atoms with Crippen LogP contribution in [-0.4, -0.2) is 27.4 Å². The first kappa shape index (κ1) is 12.5. The van der Waals surface area contributed by atoms with Crippen molar-refractivity contribution in [3.8, 4) is 12.1 Å². The number of nitriles is 2. The fraction of sp³-hybridized carbons (Fsp3) is 0.667. The lowest BCUT2D eigenvalue weighted by molar-refractivity contribution is 0.303. The molecule has 0 aliphatic heterocycles. The molecule has 1 aromatic rings. The topological polar surface area (TPSA) is 90.3 Å². The minimum atomic E-state index is -0.390. The van der Waals surface area contributed by atoms with Crippen LogP contribution in [0.1, 0.15) is 31.5 Å². The van der Waals surface area contributed by atoms with Crippen molar-refractivity contribution in [1.82, 2.24) is 20.1 Å². The van der Waals surface area contributed by atoms with Gasteiger partial charge < -0.3 is 5.32 Å². The molecule has 2 atom stereocenters. The Morgan fingerprint density at radius 3 is 3.06 bits per heavy atom. The molecule has 0 spiro atoms. The van der Waals surface area contributed by atoms with Crippen LogP contribution < -0.4 is 5.32 Å². The van der Waals surface area contributed by atoms with E-state index in [1.165, 1.54) is 0 Å². The molecule has 0 aromatic carbocycles. The molecule has 1 aliphatic carbocycles. The number of hydrogen-bond donors (Lipinski definition) is 1. The van der Waals surface area contributed by atoms with Crippen molar-refractivity contribution in [2.75, 3.05) is 7.05 Å². The van der Waals surface area contributed by atoms with E-state index in [1.807, 2.05) is 13.1 Å². The predicted octanol–water partition coefficient (Wildman–Crippen LogP) is 0.822. The third-order valence-corrected chi connectivity index (χ3v) is 3.81. The molecule has 6 nitrogen and oxygen atoms in total. The van der Waals surface area contributed by atoms with Gasteiger partial charge in [0, 0.05) is 6.54 Å². The van der Waals surface area contributed by atoms with Crippen LogP contribution >= 0.6 is 0 Å². The van der Waals surface area contributed by atoms with E-state index in [0.29, 0.717) is 12.5 Å². The van der Waals surface area contributed by atoms with E-state index in [2.05, 4.69) is 21.5 Å². The molecule has 0 radical (unpaired) electrons. The summed E-state index contributed by atoms with van der Waals surface area (Å²) in [7, 11) is 1.85. The number of nitrogens with zero attached hydrogens (tertiary/aromatic N) is 5. The molecule has 0 amide bonds. The lowest BCUT2D eigenvalue weighted by Gasteiger charge is -2.28. The molecule has 1 N–H and O–H groups in total. The highest BCUT2D eigenvalue weighted by molar-refractivity contribution is 5.13. The first-order chi connectivity index (χ1) is 8.74. The SMILES string of the molecule is CNC1(C#N)CCCC1CCn1cnc(C#N)n1. The minimum absolute atomic E-state index is 0.196. The smallest absolute Gasteiger partial charge is 0.252 e. The molecule has 1 fully saturated rings. The van der Waals surface area contributed by atoms with Gasteiger partial charge in [0.25, 0.3) is 5.82 Å². The standard InChI is InChI=1S/C12H16N6/c1-15-12(8-14)5-2-3-10(12)4-6-18-9-16-11(7-13)17-18/h9-10,15H,2-6H2,1H3. The summed E-state index contributed by atoms with van der Waals surface area (Å²) in [6.07, 6.45) is 5.50. The number of hydrogen-bond acceptors (Lipinski definition) is 5. The minimum Gasteiger partial charge on any atom is -0.302 e.